The summed E-state index contributed by atoms with van der Waals surface area (Å²) in [5.41, 5.74) is 0. The van der Waals surface area contributed by atoms with Crippen LogP contribution in [0, 0.1) is 11.8 Å². The van der Waals surface area contributed by atoms with Crippen molar-refractivity contribution in [2.24, 2.45) is 11.8 Å². The van der Waals surface area contributed by atoms with Crippen LogP contribution in [-0.4, -0.2) is 34.2 Å². The maximum Gasteiger partial charge on any atom is 0.324 e. The fourth-order valence-corrected chi connectivity index (χ4v) is 2.88. The Hall–Kier alpha value is -1.59. The van der Waals surface area contributed by atoms with Crippen molar-refractivity contribution in [3.63, 3.8) is 0 Å². The average molecular weight is 294 g/mol. The van der Waals surface area contributed by atoms with Crippen molar-refractivity contribution in [2.75, 3.05) is 12.4 Å². The summed E-state index contributed by atoms with van der Waals surface area (Å²) in [4.78, 5) is 12.7. The van der Waals surface area contributed by atoms with E-state index in [1.807, 2.05) is 13.8 Å². The SMILES string of the molecule is CNc1nc(OC(C)C)nc(OC2CC(C)CC(C)C2)n1. The lowest BCUT2D eigenvalue weighted by atomic mass is 9.82. The first-order chi connectivity index (χ1) is 9.96. The molecule has 1 fully saturated rings. The van der Waals surface area contributed by atoms with E-state index in [-0.39, 0.29) is 12.2 Å². The van der Waals surface area contributed by atoms with E-state index in [2.05, 4.69) is 34.1 Å². The number of hydrogen-bond acceptors (Lipinski definition) is 6. The van der Waals surface area contributed by atoms with Crippen molar-refractivity contribution < 1.29 is 9.47 Å². The van der Waals surface area contributed by atoms with Crippen LogP contribution >= 0.6 is 0 Å². The largest absolute Gasteiger partial charge is 0.461 e. The number of nitrogens with zero attached hydrogens (tertiary/aromatic N) is 3. The Morgan fingerprint density at radius 2 is 1.62 bits per heavy atom. The molecule has 2 unspecified atom stereocenters. The normalized spacial score (nSPS) is 25.7. The third-order valence-electron chi connectivity index (χ3n) is 3.57. The van der Waals surface area contributed by atoms with Gasteiger partial charge in [0.2, 0.25) is 5.95 Å². The van der Waals surface area contributed by atoms with E-state index in [4.69, 9.17) is 9.47 Å². The number of anilines is 1. The summed E-state index contributed by atoms with van der Waals surface area (Å²) in [6.07, 6.45) is 3.54. The molecule has 1 aliphatic rings. The number of hydrogen-bond donors (Lipinski definition) is 1. The third-order valence-corrected chi connectivity index (χ3v) is 3.57. The Morgan fingerprint density at radius 3 is 2.19 bits per heavy atom. The summed E-state index contributed by atoms with van der Waals surface area (Å²) in [5.74, 6) is 1.82. The van der Waals surface area contributed by atoms with Crippen LogP contribution in [0.4, 0.5) is 5.95 Å². The van der Waals surface area contributed by atoms with Gasteiger partial charge in [0.25, 0.3) is 0 Å². The maximum atomic E-state index is 5.98. The van der Waals surface area contributed by atoms with E-state index in [0.29, 0.717) is 29.8 Å². The Bertz CT molecular complexity index is 457. The highest BCUT2D eigenvalue weighted by Crippen LogP contribution is 2.30. The van der Waals surface area contributed by atoms with Crippen LogP contribution in [0.3, 0.4) is 0 Å². The zero-order chi connectivity index (χ0) is 15.4. The molecule has 2 atom stereocenters. The van der Waals surface area contributed by atoms with E-state index >= 15 is 0 Å². The van der Waals surface area contributed by atoms with Gasteiger partial charge < -0.3 is 14.8 Å². The van der Waals surface area contributed by atoms with Gasteiger partial charge in [0.1, 0.15) is 6.10 Å². The molecule has 1 saturated carbocycles. The summed E-state index contributed by atoms with van der Waals surface area (Å²) in [6.45, 7) is 8.42. The minimum atomic E-state index is 0.0136. The molecule has 1 aromatic rings. The number of ether oxygens (including phenoxy) is 2. The molecule has 0 amide bonds. The molecule has 0 saturated heterocycles. The molecule has 118 valence electrons. The molecule has 0 aliphatic heterocycles. The van der Waals surface area contributed by atoms with Gasteiger partial charge in [-0.2, -0.15) is 9.97 Å². The highest BCUT2D eigenvalue weighted by Gasteiger charge is 2.26. The molecule has 1 aromatic heterocycles. The van der Waals surface area contributed by atoms with Crippen LogP contribution in [0.25, 0.3) is 0 Å². The fraction of sp³-hybridized carbons (Fsp3) is 0.800. The van der Waals surface area contributed by atoms with Crippen LogP contribution in [0.15, 0.2) is 0 Å². The van der Waals surface area contributed by atoms with Crippen LogP contribution < -0.4 is 14.8 Å². The monoisotopic (exact) mass is 294 g/mol. The van der Waals surface area contributed by atoms with Crippen molar-refractivity contribution in [2.45, 2.75) is 59.2 Å². The topological polar surface area (TPSA) is 69.2 Å². The number of rotatable bonds is 5. The van der Waals surface area contributed by atoms with Gasteiger partial charge in [0.05, 0.1) is 6.10 Å². The second kappa shape index (κ2) is 6.91. The highest BCUT2D eigenvalue weighted by molar-refractivity contribution is 5.26. The van der Waals surface area contributed by atoms with Gasteiger partial charge in [-0.05, 0) is 44.9 Å². The van der Waals surface area contributed by atoms with Gasteiger partial charge in [-0.3, -0.25) is 0 Å². The number of nitrogens with one attached hydrogen (secondary N) is 1. The van der Waals surface area contributed by atoms with E-state index in [1.165, 1.54) is 6.42 Å². The standard InChI is InChI=1S/C15H26N4O2/c1-9(2)20-14-17-13(16-5)18-15(19-14)21-12-7-10(3)6-11(4)8-12/h9-12H,6-8H2,1-5H3,(H,16,17,18,19). The minimum Gasteiger partial charge on any atom is -0.461 e. The predicted molar refractivity (Wildman–Crippen MR) is 81.7 cm³/mol. The van der Waals surface area contributed by atoms with Gasteiger partial charge in [0, 0.05) is 7.05 Å². The van der Waals surface area contributed by atoms with E-state index in [1.54, 1.807) is 7.05 Å². The molecule has 2 rings (SSSR count). The molecule has 1 aliphatic carbocycles. The molecule has 0 aromatic carbocycles. The Morgan fingerprint density at radius 1 is 1.00 bits per heavy atom. The Kier molecular flexibility index (Phi) is 5.20. The zero-order valence-corrected chi connectivity index (χ0v) is 13.6. The van der Waals surface area contributed by atoms with Crippen LogP contribution in [-0.2, 0) is 0 Å². The summed E-state index contributed by atoms with van der Waals surface area (Å²) in [5, 5.41) is 2.91. The zero-order valence-electron chi connectivity index (χ0n) is 13.6. The van der Waals surface area contributed by atoms with Gasteiger partial charge in [0.15, 0.2) is 0 Å². The quantitative estimate of drug-likeness (QED) is 0.900. The molecule has 1 heterocycles. The van der Waals surface area contributed by atoms with Crippen molar-refractivity contribution in [3.05, 3.63) is 0 Å². The lowest BCUT2D eigenvalue weighted by Crippen LogP contribution is -2.29. The second-order valence-corrected chi connectivity index (χ2v) is 6.30. The van der Waals surface area contributed by atoms with Crippen LogP contribution in [0.2, 0.25) is 0 Å². The van der Waals surface area contributed by atoms with E-state index in [0.717, 1.165) is 12.8 Å². The van der Waals surface area contributed by atoms with E-state index < -0.39 is 0 Å². The molecule has 0 spiro atoms. The third kappa shape index (κ3) is 4.72. The summed E-state index contributed by atoms with van der Waals surface area (Å²) in [7, 11) is 1.77. The first-order valence-electron chi connectivity index (χ1n) is 7.73. The average Bonchev–Trinajstić information content (AvgIpc) is 2.36. The lowest BCUT2D eigenvalue weighted by Gasteiger charge is -2.30. The summed E-state index contributed by atoms with van der Waals surface area (Å²) >= 11 is 0. The number of aromatic nitrogens is 3. The van der Waals surface area contributed by atoms with Gasteiger partial charge >= 0.3 is 12.0 Å². The van der Waals surface area contributed by atoms with Gasteiger partial charge in [-0.1, -0.05) is 13.8 Å². The maximum absolute atomic E-state index is 5.98. The molecule has 6 nitrogen and oxygen atoms in total. The minimum absolute atomic E-state index is 0.0136. The van der Waals surface area contributed by atoms with Gasteiger partial charge in [-0.15, -0.1) is 4.98 Å². The first-order valence-corrected chi connectivity index (χ1v) is 7.73. The molecular formula is C15H26N4O2. The molecule has 0 radical (unpaired) electrons. The highest BCUT2D eigenvalue weighted by atomic mass is 16.5. The van der Waals surface area contributed by atoms with Gasteiger partial charge in [-0.25, -0.2) is 0 Å². The Balaban J connectivity index is 2.11. The first kappa shape index (κ1) is 15.8. The van der Waals surface area contributed by atoms with Crippen molar-refractivity contribution >= 4 is 5.95 Å². The van der Waals surface area contributed by atoms with Crippen LogP contribution in [0.1, 0.15) is 47.0 Å². The van der Waals surface area contributed by atoms with Crippen molar-refractivity contribution in [1.29, 1.82) is 0 Å². The summed E-state index contributed by atoms with van der Waals surface area (Å²) < 4.78 is 11.5. The summed E-state index contributed by atoms with van der Waals surface area (Å²) in [6, 6.07) is 0.646. The fourth-order valence-electron chi connectivity index (χ4n) is 2.88. The predicted octanol–water partition coefficient (Wildman–Crippen LogP) is 2.90. The molecule has 0 bridgehead atoms. The molecule has 21 heavy (non-hydrogen) atoms. The second-order valence-electron chi connectivity index (χ2n) is 6.30. The molecule has 1 N–H and O–H groups in total. The van der Waals surface area contributed by atoms with Crippen molar-refractivity contribution in [1.82, 2.24) is 15.0 Å². The van der Waals surface area contributed by atoms with E-state index in [9.17, 15) is 0 Å². The molecule has 6 heteroatoms. The Labute approximate surface area is 126 Å². The smallest absolute Gasteiger partial charge is 0.324 e. The van der Waals surface area contributed by atoms with Crippen LogP contribution in [0.5, 0.6) is 12.0 Å². The lowest BCUT2D eigenvalue weighted by molar-refractivity contribution is 0.0901. The van der Waals surface area contributed by atoms with Crippen molar-refractivity contribution in [3.8, 4) is 12.0 Å². The molecular weight excluding hydrogens is 268 g/mol.